The average Bonchev–Trinajstić information content (AvgIpc) is 2.37. The molecule has 0 bridgehead atoms. The molecule has 0 spiro atoms. The number of ketones is 1. The summed E-state index contributed by atoms with van der Waals surface area (Å²) in [6.07, 6.45) is 3.53. The van der Waals surface area contributed by atoms with Gasteiger partial charge in [-0.2, -0.15) is 0 Å². The number of para-hydroxylation sites is 1. The molecule has 0 aliphatic heterocycles. The van der Waals surface area contributed by atoms with E-state index < -0.39 is 0 Å². The molecule has 1 atom stereocenters. The Morgan fingerprint density at radius 2 is 2.11 bits per heavy atom. The minimum Gasteiger partial charge on any atom is -0.328 e. The van der Waals surface area contributed by atoms with E-state index in [1.165, 1.54) is 0 Å². The Hall–Kier alpha value is -1.74. The van der Waals surface area contributed by atoms with Crippen LogP contribution in [0, 0.1) is 0 Å². The van der Waals surface area contributed by atoms with Crippen LogP contribution in [0.2, 0.25) is 0 Å². The van der Waals surface area contributed by atoms with Gasteiger partial charge in [0, 0.05) is 30.5 Å². The number of nitrogens with zero attached hydrogens (tertiary/aromatic N) is 1. The first-order chi connectivity index (χ1) is 8.66. The smallest absolute Gasteiger partial charge is 0.137 e. The van der Waals surface area contributed by atoms with Gasteiger partial charge in [0.25, 0.3) is 0 Å². The van der Waals surface area contributed by atoms with Crippen LogP contribution in [0.3, 0.4) is 0 Å². The minimum absolute atomic E-state index is 0.0862. The van der Waals surface area contributed by atoms with Crippen molar-refractivity contribution in [1.82, 2.24) is 4.98 Å². The van der Waals surface area contributed by atoms with E-state index >= 15 is 0 Å². The van der Waals surface area contributed by atoms with Gasteiger partial charge in [-0.25, -0.2) is 0 Å². The van der Waals surface area contributed by atoms with Crippen LogP contribution in [-0.4, -0.2) is 16.8 Å². The molecule has 0 amide bonds. The maximum atomic E-state index is 11.9. The summed E-state index contributed by atoms with van der Waals surface area (Å²) in [5.74, 6) is 0.239. The standard InChI is InChI=1S/C15H18N2O/c1-11(16)6-7-13(18)10-12-8-9-17-15-5-3-2-4-14(12)15/h2-5,8-9,11H,6-7,10,16H2,1H3. The molecule has 1 unspecified atom stereocenters. The van der Waals surface area contributed by atoms with Crippen molar-refractivity contribution >= 4 is 16.7 Å². The van der Waals surface area contributed by atoms with Crippen LogP contribution >= 0.6 is 0 Å². The second-order valence-corrected chi connectivity index (χ2v) is 4.72. The first kappa shape index (κ1) is 12.7. The predicted octanol–water partition coefficient (Wildman–Crippen LogP) is 2.47. The van der Waals surface area contributed by atoms with Crippen molar-refractivity contribution in [3.63, 3.8) is 0 Å². The van der Waals surface area contributed by atoms with Crippen LogP contribution in [0.15, 0.2) is 36.5 Å². The summed E-state index contributed by atoms with van der Waals surface area (Å²) in [4.78, 5) is 16.2. The Labute approximate surface area is 107 Å². The zero-order valence-corrected chi connectivity index (χ0v) is 10.6. The Balaban J connectivity index is 2.14. The third-order valence-corrected chi connectivity index (χ3v) is 3.01. The number of benzene rings is 1. The van der Waals surface area contributed by atoms with Crippen molar-refractivity contribution in [3.05, 3.63) is 42.1 Å². The van der Waals surface area contributed by atoms with Gasteiger partial charge in [-0.15, -0.1) is 0 Å². The monoisotopic (exact) mass is 242 g/mol. The predicted molar refractivity (Wildman–Crippen MR) is 73.3 cm³/mol. The number of fused-ring (bicyclic) bond motifs is 1. The highest BCUT2D eigenvalue weighted by Gasteiger charge is 2.08. The zero-order valence-electron chi connectivity index (χ0n) is 10.6. The zero-order chi connectivity index (χ0) is 13.0. The summed E-state index contributed by atoms with van der Waals surface area (Å²) in [6, 6.07) is 9.91. The molecule has 1 heterocycles. The van der Waals surface area contributed by atoms with E-state index in [1.54, 1.807) is 6.20 Å². The van der Waals surface area contributed by atoms with E-state index in [1.807, 2.05) is 37.3 Å². The fourth-order valence-corrected chi connectivity index (χ4v) is 2.00. The van der Waals surface area contributed by atoms with E-state index in [0.29, 0.717) is 12.8 Å². The molecule has 2 rings (SSSR count). The SMILES string of the molecule is CC(N)CCC(=O)Cc1ccnc2ccccc12. The molecule has 0 fully saturated rings. The fraction of sp³-hybridized carbons (Fsp3) is 0.333. The topological polar surface area (TPSA) is 56.0 Å². The Kier molecular flexibility index (Phi) is 4.05. The number of carbonyl (C=O) groups excluding carboxylic acids is 1. The summed E-state index contributed by atoms with van der Waals surface area (Å²) in [6.45, 7) is 1.93. The minimum atomic E-state index is 0.0862. The van der Waals surface area contributed by atoms with Crippen molar-refractivity contribution in [3.8, 4) is 0 Å². The molecule has 3 nitrogen and oxygen atoms in total. The van der Waals surface area contributed by atoms with E-state index in [0.717, 1.165) is 22.9 Å². The second-order valence-electron chi connectivity index (χ2n) is 4.72. The van der Waals surface area contributed by atoms with Crippen LogP contribution in [0.1, 0.15) is 25.3 Å². The summed E-state index contributed by atoms with van der Waals surface area (Å²) in [5, 5.41) is 1.06. The maximum Gasteiger partial charge on any atom is 0.137 e. The lowest BCUT2D eigenvalue weighted by molar-refractivity contribution is -0.118. The molecule has 2 aromatic rings. The van der Waals surface area contributed by atoms with Gasteiger partial charge in [0.15, 0.2) is 0 Å². The van der Waals surface area contributed by atoms with Crippen LogP contribution in [0.25, 0.3) is 10.9 Å². The number of hydrogen-bond donors (Lipinski definition) is 1. The van der Waals surface area contributed by atoms with Crippen LogP contribution in [-0.2, 0) is 11.2 Å². The van der Waals surface area contributed by atoms with Crippen molar-refractivity contribution < 1.29 is 4.79 Å². The normalized spacial score (nSPS) is 12.6. The summed E-state index contributed by atoms with van der Waals surface area (Å²) in [7, 11) is 0. The summed E-state index contributed by atoms with van der Waals surface area (Å²) in [5.41, 5.74) is 7.65. The number of pyridine rings is 1. The van der Waals surface area contributed by atoms with Gasteiger partial charge in [0.05, 0.1) is 5.52 Å². The molecule has 0 aliphatic carbocycles. The van der Waals surface area contributed by atoms with Gasteiger partial charge in [-0.1, -0.05) is 18.2 Å². The molecule has 0 saturated carbocycles. The average molecular weight is 242 g/mol. The van der Waals surface area contributed by atoms with Crippen molar-refractivity contribution in [2.75, 3.05) is 0 Å². The van der Waals surface area contributed by atoms with Crippen LogP contribution < -0.4 is 5.73 Å². The number of carbonyl (C=O) groups is 1. The second kappa shape index (κ2) is 5.74. The molecular formula is C15H18N2O. The van der Waals surface area contributed by atoms with E-state index in [-0.39, 0.29) is 11.8 Å². The van der Waals surface area contributed by atoms with Gasteiger partial charge >= 0.3 is 0 Å². The molecule has 0 radical (unpaired) electrons. The number of hydrogen-bond acceptors (Lipinski definition) is 3. The van der Waals surface area contributed by atoms with Crippen LogP contribution in [0.4, 0.5) is 0 Å². The first-order valence-electron chi connectivity index (χ1n) is 6.26. The van der Waals surface area contributed by atoms with E-state index in [4.69, 9.17) is 5.73 Å². The lowest BCUT2D eigenvalue weighted by Crippen LogP contribution is -2.17. The van der Waals surface area contributed by atoms with Gasteiger partial charge in [-0.3, -0.25) is 9.78 Å². The molecule has 3 heteroatoms. The van der Waals surface area contributed by atoms with Crippen molar-refractivity contribution in [2.45, 2.75) is 32.2 Å². The number of nitrogens with two attached hydrogens (primary N) is 1. The maximum absolute atomic E-state index is 11.9. The van der Waals surface area contributed by atoms with Gasteiger partial charge in [0.2, 0.25) is 0 Å². The quantitative estimate of drug-likeness (QED) is 0.876. The molecule has 1 aromatic carbocycles. The molecule has 0 aliphatic rings. The highest BCUT2D eigenvalue weighted by Crippen LogP contribution is 2.17. The summed E-state index contributed by atoms with van der Waals surface area (Å²) < 4.78 is 0. The molecule has 2 N–H and O–H groups in total. The molecule has 1 aromatic heterocycles. The number of Topliss-reactive ketones (excluding diaryl/α,β-unsaturated/α-hetero) is 1. The van der Waals surface area contributed by atoms with Gasteiger partial charge < -0.3 is 5.73 Å². The first-order valence-corrected chi connectivity index (χ1v) is 6.26. The van der Waals surface area contributed by atoms with Crippen LogP contribution in [0.5, 0.6) is 0 Å². The fourth-order valence-electron chi connectivity index (χ4n) is 2.00. The molecule has 0 saturated heterocycles. The van der Waals surface area contributed by atoms with E-state index in [2.05, 4.69) is 4.98 Å². The van der Waals surface area contributed by atoms with Gasteiger partial charge in [-0.05, 0) is 31.0 Å². The van der Waals surface area contributed by atoms with E-state index in [9.17, 15) is 4.79 Å². The Morgan fingerprint density at radius 1 is 1.33 bits per heavy atom. The molecule has 94 valence electrons. The van der Waals surface area contributed by atoms with Gasteiger partial charge in [0.1, 0.15) is 5.78 Å². The third-order valence-electron chi connectivity index (χ3n) is 3.01. The Bertz CT molecular complexity index is 544. The third kappa shape index (κ3) is 3.14. The number of rotatable bonds is 5. The summed E-state index contributed by atoms with van der Waals surface area (Å²) >= 11 is 0. The largest absolute Gasteiger partial charge is 0.328 e. The number of aromatic nitrogens is 1. The van der Waals surface area contributed by atoms with Crippen molar-refractivity contribution in [2.24, 2.45) is 5.73 Å². The highest BCUT2D eigenvalue weighted by atomic mass is 16.1. The molecule has 18 heavy (non-hydrogen) atoms. The Morgan fingerprint density at radius 3 is 2.89 bits per heavy atom. The lowest BCUT2D eigenvalue weighted by Gasteiger charge is -2.06. The highest BCUT2D eigenvalue weighted by molar-refractivity contribution is 5.88. The molecular weight excluding hydrogens is 224 g/mol. The van der Waals surface area contributed by atoms with Crippen molar-refractivity contribution in [1.29, 1.82) is 0 Å². The lowest BCUT2D eigenvalue weighted by atomic mass is 10.0.